The number of nitrogens with one attached hydrogen (secondary N) is 1. The average Bonchev–Trinajstić information content (AvgIpc) is 2.87. The van der Waals surface area contributed by atoms with Crippen LogP contribution in [0.25, 0.3) is 0 Å². The molecule has 0 spiro atoms. The summed E-state index contributed by atoms with van der Waals surface area (Å²) in [6.45, 7) is 2.04. The second-order valence-electron chi connectivity index (χ2n) is 3.96. The van der Waals surface area contributed by atoms with Gasteiger partial charge in [0.1, 0.15) is 16.7 Å². The van der Waals surface area contributed by atoms with Crippen molar-refractivity contribution < 1.29 is 0 Å². The monoisotopic (exact) mass is 296 g/mol. The summed E-state index contributed by atoms with van der Waals surface area (Å²) < 4.78 is 0.881. The molecule has 2 aromatic heterocycles. The summed E-state index contributed by atoms with van der Waals surface area (Å²) in [6, 6.07) is 1.92. The highest BCUT2D eigenvalue weighted by Gasteiger charge is 2.10. The molecule has 2 aromatic rings. The van der Waals surface area contributed by atoms with Gasteiger partial charge in [0.25, 0.3) is 0 Å². The summed E-state index contributed by atoms with van der Waals surface area (Å²) >= 11 is 3.06. The van der Waals surface area contributed by atoms with E-state index in [-0.39, 0.29) is 0 Å². The zero-order chi connectivity index (χ0) is 13.8. The third kappa shape index (κ3) is 3.54. The lowest BCUT2D eigenvalue weighted by Crippen LogP contribution is -2.07. The van der Waals surface area contributed by atoms with Gasteiger partial charge in [0, 0.05) is 33.6 Å². The number of nitrogens with zero attached hydrogens (tertiary/aromatic N) is 5. The molecule has 0 saturated carbocycles. The molecule has 0 bridgehead atoms. The summed E-state index contributed by atoms with van der Waals surface area (Å²) in [5.74, 6) is 1.65. The van der Waals surface area contributed by atoms with Crippen LogP contribution in [0.5, 0.6) is 0 Å². The summed E-state index contributed by atoms with van der Waals surface area (Å²) in [5, 5.41) is 13.1. The molecule has 0 aliphatic carbocycles. The van der Waals surface area contributed by atoms with E-state index in [1.54, 1.807) is 11.3 Å². The van der Waals surface area contributed by atoms with Gasteiger partial charge < -0.3 is 10.2 Å². The number of hydrogen-bond acceptors (Lipinski definition) is 8. The van der Waals surface area contributed by atoms with Crippen molar-refractivity contribution in [2.75, 3.05) is 31.4 Å². The summed E-state index contributed by atoms with van der Waals surface area (Å²) in [6.07, 6.45) is 0.808. The van der Waals surface area contributed by atoms with Gasteiger partial charge >= 0.3 is 0 Å². The maximum atomic E-state index is 4.49. The van der Waals surface area contributed by atoms with Crippen molar-refractivity contribution in [3.8, 4) is 0 Å². The normalized spacial score (nSPS) is 10.5. The lowest BCUT2D eigenvalue weighted by atomic mass is 10.4. The molecule has 0 aromatic carbocycles. The maximum absolute atomic E-state index is 4.49. The smallest absolute Gasteiger partial charge is 0.208 e. The number of aromatic nitrogens is 4. The van der Waals surface area contributed by atoms with Crippen LogP contribution in [-0.2, 0) is 6.42 Å². The molecule has 0 atom stereocenters. The zero-order valence-electron chi connectivity index (χ0n) is 11.3. The summed E-state index contributed by atoms with van der Waals surface area (Å²) in [5.41, 5.74) is 0. The number of aryl methyl sites for hydroxylation is 1. The van der Waals surface area contributed by atoms with E-state index < -0.39 is 0 Å². The number of rotatable bonds is 5. The first-order chi connectivity index (χ1) is 9.12. The van der Waals surface area contributed by atoms with E-state index >= 15 is 0 Å². The van der Waals surface area contributed by atoms with Crippen LogP contribution >= 0.6 is 23.1 Å². The zero-order valence-corrected chi connectivity index (χ0v) is 13.0. The molecule has 2 rings (SSSR count). The van der Waals surface area contributed by atoms with E-state index in [2.05, 4.69) is 25.5 Å². The average molecular weight is 296 g/mol. The van der Waals surface area contributed by atoms with Crippen molar-refractivity contribution >= 4 is 34.0 Å². The topological polar surface area (TPSA) is 66.8 Å². The molecule has 0 aliphatic heterocycles. The molecule has 0 amide bonds. The van der Waals surface area contributed by atoms with Gasteiger partial charge in [0.2, 0.25) is 5.13 Å². The Morgan fingerprint density at radius 3 is 2.68 bits per heavy atom. The standard InChI is InChI=1S/C11H16N6S2/c1-5-7-13-8(12-2)6-9(14-7)18-11-16-15-10(19-11)17(3)4/h6H,5H2,1-4H3,(H,12,13,14). The van der Waals surface area contributed by atoms with Crippen molar-refractivity contribution in [2.24, 2.45) is 0 Å². The third-order valence-corrected chi connectivity index (χ3v) is 4.35. The Bertz CT molecular complexity index is 532. The Morgan fingerprint density at radius 2 is 2.11 bits per heavy atom. The quantitative estimate of drug-likeness (QED) is 0.848. The van der Waals surface area contributed by atoms with E-state index in [1.807, 2.05) is 39.0 Å². The van der Waals surface area contributed by atoms with Gasteiger partial charge in [-0.2, -0.15) is 0 Å². The van der Waals surface area contributed by atoms with Crippen LogP contribution in [0.15, 0.2) is 15.4 Å². The molecule has 2 heterocycles. The molecule has 0 unspecified atom stereocenters. The number of hydrogen-bond donors (Lipinski definition) is 1. The van der Waals surface area contributed by atoms with Gasteiger partial charge in [-0.25, -0.2) is 9.97 Å². The SMILES string of the molecule is CCc1nc(NC)cc(Sc2nnc(N(C)C)s2)n1. The van der Waals surface area contributed by atoms with Crippen LogP contribution in [-0.4, -0.2) is 41.3 Å². The van der Waals surface area contributed by atoms with Gasteiger partial charge in [-0.1, -0.05) is 18.3 Å². The second kappa shape index (κ2) is 6.16. The highest BCUT2D eigenvalue weighted by Crippen LogP contribution is 2.32. The Kier molecular flexibility index (Phi) is 4.54. The molecule has 0 radical (unpaired) electrons. The maximum Gasteiger partial charge on any atom is 0.208 e. The Labute approximate surface area is 120 Å². The highest BCUT2D eigenvalue weighted by atomic mass is 32.2. The largest absolute Gasteiger partial charge is 0.373 e. The summed E-state index contributed by atoms with van der Waals surface area (Å²) in [7, 11) is 5.76. The molecule has 1 N–H and O–H groups in total. The molecule has 0 aliphatic rings. The molecule has 0 saturated heterocycles. The van der Waals surface area contributed by atoms with E-state index in [0.717, 1.165) is 32.6 Å². The van der Waals surface area contributed by atoms with Crippen LogP contribution in [0.3, 0.4) is 0 Å². The first-order valence-corrected chi connectivity index (χ1v) is 7.50. The van der Waals surface area contributed by atoms with E-state index in [4.69, 9.17) is 0 Å². The molecule has 102 valence electrons. The first-order valence-electron chi connectivity index (χ1n) is 5.86. The highest BCUT2D eigenvalue weighted by molar-refractivity contribution is 8.01. The minimum absolute atomic E-state index is 0.808. The molecule has 0 fully saturated rings. The minimum atomic E-state index is 0.808. The van der Waals surface area contributed by atoms with Crippen LogP contribution < -0.4 is 10.2 Å². The lowest BCUT2D eigenvalue weighted by Gasteiger charge is -2.05. The fourth-order valence-electron chi connectivity index (χ4n) is 1.33. The van der Waals surface area contributed by atoms with Gasteiger partial charge in [0.05, 0.1) is 0 Å². The van der Waals surface area contributed by atoms with Crippen molar-refractivity contribution in [1.82, 2.24) is 20.2 Å². The molecular weight excluding hydrogens is 280 g/mol. The van der Waals surface area contributed by atoms with E-state index in [0.29, 0.717) is 0 Å². The molecule has 19 heavy (non-hydrogen) atoms. The van der Waals surface area contributed by atoms with Crippen LogP contribution in [0.1, 0.15) is 12.7 Å². The Morgan fingerprint density at radius 1 is 1.32 bits per heavy atom. The van der Waals surface area contributed by atoms with Crippen molar-refractivity contribution in [3.05, 3.63) is 11.9 Å². The first kappa shape index (κ1) is 14.0. The fraction of sp³-hybridized carbons (Fsp3) is 0.455. The fourth-order valence-corrected chi connectivity index (χ4v) is 3.06. The third-order valence-electron chi connectivity index (χ3n) is 2.29. The second-order valence-corrected chi connectivity index (χ2v) is 6.18. The van der Waals surface area contributed by atoms with Gasteiger partial charge in [-0.3, -0.25) is 0 Å². The minimum Gasteiger partial charge on any atom is -0.373 e. The number of anilines is 2. The molecule has 6 nitrogen and oxygen atoms in total. The van der Waals surface area contributed by atoms with Gasteiger partial charge in [0.15, 0.2) is 4.34 Å². The van der Waals surface area contributed by atoms with Crippen molar-refractivity contribution in [1.29, 1.82) is 0 Å². The lowest BCUT2D eigenvalue weighted by molar-refractivity contribution is 0.889. The van der Waals surface area contributed by atoms with Crippen LogP contribution in [0.4, 0.5) is 10.9 Å². The molecular formula is C11H16N6S2. The Hall–Kier alpha value is -1.41. The van der Waals surface area contributed by atoms with E-state index in [9.17, 15) is 0 Å². The van der Waals surface area contributed by atoms with Gasteiger partial charge in [-0.05, 0) is 11.8 Å². The predicted octanol–water partition coefficient (Wildman–Crippen LogP) is 2.15. The predicted molar refractivity (Wildman–Crippen MR) is 79.3 cm³/mol. The van der Waals surface area contributed by atoms with Gasteiger partial charge in [-0.15, -0.1) is 10.2 Å². The van der Waals surface area contributed by atoms with Crippen LogP contribution in [0.2, 0.25) is 0 Å². The summed E-state index contributed by atoms with van der Waals surface area (Å²) in [4.78, 5) is 10.8. The van der Waals surface area contributed by atoms with Crippen molar-refractivity contribution in [3.63, 3.8) is 0 Å². The van der Waals surface area contributed by atoms with E-state index in [1.165, 1.54) is 11.8 Å². The Balaban J connectivity index is 2.21. The van der Waals surface area contributed by atoms with Crippen LogP contribution in [0, 0.1) is 0 Å². The van der Waals surface area contributed by atoms with Crippen molar-refractivity contribution in [2.45, 2.75) is 22.7 Å². The molecule has 8 heteroatoms.